The summed E-state index contributed by atoms with van der Waals surface area (Å²) in [6.45, 7) is 8.76. The molecular formula is C20H22. The van der Waals surface area contributed by atoms with E-state index in [1.807, 2.05) is 0 Å². The zero-order valence-corrected chi connectivity index (χ0v) is 12.9. The zero-order valence-electron chi connectivity index (χ0n) is 12.9. The minimum Gasteiger partial charge on any atom is -0.0611 e. The lowest BCUT2D eigenvalue weighted by molar-refractivity contribution is 1.31. The van der Waals surface area contributed by atoms with Gasteiger partial charge in [-0.1, -0.05) is 42.0 Å². The normalized spacial score (nSPS) is 13.5. The number of allylic oxidation sites excluding steroid dienone is 1. The molecule has 0 heteroatoms. The molecule has 0 nitrogen and oxygen atoms in total. The van der Waals surface area contributed by atoms with Crippen LogP contribution in [0.2, 0.25) is 0 Å². The molecule has 0 unspecified atom stereocenters. The van der Waals surface area contributed by atoms with Crippen molar-refractivity contribution in [2.45, 2.75) is 40.5 Å². The van der Waals surface area contributed by atoms with Gasteiger partial charge in [0.05, 0.1) is 0 Å². The second kappa shape index (κ2) is 4.94. The molecule has 1 fully saturated rings. The molecule has 0 heterocycles. The summed E-state index contributed by atoms with van der Waals surface area (Å²) in [5.74, 6) is 0. The second-order valence-corrected chi connectivity index (χ2v) is 6.08. The lowest BCUT2D eigenvalue weighted by atomic mass is 9.92. The van der Waals surface area contributed by atoms with E-state index in [1.165, 1.54) is 51.8 Å². The van der Waals surface area contributed by atoms with Gasteiger partial charge in [-0.25, -0.2) is 0 Å². The highest BCUT2D eigenvalue weighted by Crippen LogP contribution is 2.40. The summed E-state index contributed by atoms with van der Waals surface area (Å²) in [6, 6.07) is 13.7. The van der Waals surface area contributed by atoms with E-state index in [1.54, 1.807) is 5.57 Å². The molecule has 20 heavy (non-hydrogen) atoms. The fraction of sp³-hybridized carbons (Fsp3) is 0.300. The van der Waals surface area contributed by atoms with Gasteiger partial charge in [-0.15, -0.1) is 0 Å². The van der Waals surface area contributed by atoms with Crippen LogP contribution in [0, 0.1) is 27.7 Å². The summed E-state index contributed by atoms with van der Waals surface area (Å²) in [6.07, 6.45) is 2.52. The summed E-state index contributed by atoms with van der Waals surface area (Å²) in [5, 5.41) is 0. The second-order valence-electron chi connectivity index (χ2n) is 6.08. The Morgan fingerprint density at radius 2 is 1.10 bits per heavy atom. The summed E-state index contributed by atoms with van der Waals surface area (Å²) < 4.78 is 0. The monoisotopic (exact) mass is 262 g/mol. The predicted molar refractivity (Wildman–Crippen MR) is 87.1 cm³/mol. The van der Waals surface area contributed by atoms with Crippen LogP contribution >= 0.6 is 0 Å². The van der Waals surface area contributed by atoms with E-state index in [4.69, 9.17) is 0 Å². The molecule has 0 aliphatic heterocycles. The Hall–Kier alpha value is -1.82. The quantitative estimate of drug-likeness (QED) is 0.669. The Labute approximate surface area is 122 Å². The van der Waals surface area contributed by atoms with E-state index < -0.39 is 0 Å². The van der Waals surface area contributed by atoms with Crippen molar-refractivity contribution in [3.05, 3.63) is 75.4 Å². The number of aryl methyl sites for hydroxylation is 4. The lowest BCUT2D eigenvalue weighted by Crippen LogP contribution is -1.93. The first-order chi connectivity index (χ1) is 9.56. The van der Waals surface area contributed by atoms with Crippen molar-refractivity contribution in [2.75, 3.05) is 0 Å². The van der Waals surface area contributed by atoms with Gasteiger partial charge < -0.3 is 0 Å². The topological polar surface area (TPSA) is 0 Å². The standard InChI is InChI=1S/C20H22/c1-13-5-7-18(11-15(13)3)20(17-9-10-17)19-8-6-14(2)16(4)12-19/h5-8,11-12H,9-10H2,1-4H3. The third kappa shape index (κ3) is 2.43. The maximum Gasteiger partial charge on any atom is -0.0119 e. The van der Waals surface area contributed by atoms with Crippen molar-refractivity contribution in [3.8, 4) is 0 Å². The average Bonchev–Trinajstić information content (AvgIpc) is 3.23. The van der Waals surface area contributed by atoms with Gasteiger partial charge in [-0.3, -0.25) is 0 Å². The molecule has 0 bridgehead atoms. The van der Waals surface area contributed by atoms with E-state index in [0.717, 1.165) is 0 Å². The van der Waals surface area contributed by atoms with Crippen molar-refractivity contribution >= 4 is 5.57 Å². The van der Waals surface area contributed by atoms with Gasteiger partial charge in [0.15, 0.2) is 0 Å². The smallest absolute Gasteiger partial charge is 0.0119 e. The summed E-state index contributed by atoms with van der Waals surface area (Å²) in [7, 11) is 0. The predicted octanol–water partition coefficient (Wildman–Crippen LogP) is 5.52. The van der Waals surface area contributed by atoms with E-state index in [-0.39, 0.29) is 0 Å². The molecular weight excluding hydrogens is 240 g/mol. The molecule has 2 aromatic rings. The van der Waals surface area contributed by atoms with Gasteiger partial charge in [0.25, 0.3) is 0 Å². The molecule has 1 aliphatic carbocycles. The minimum atomic E-state index is 1.26. The molecule has 0 radical (unpaired) electrons. The van der Waals surface area contributed by atoms with E-state index in [9.17, 15) is 0 Å². The third-order valence-corrected chi connectivity index (χ3v) is 4.44. The van der Waals surface area contributed by atoms with Crippen LogP contribution in [-0.2, 0) is 0 Å². The molecule has 0 atom stereocenters. The molecule has 3 rings (SSSR count). The first-order valence-corrected chi connectivity index (χ1v) is 7.43. The van der Waals surface area contributed by atoms with Crippen molar-refractivity contribution in [3.63, 3.8) is 0 Å². The van der Waals surface area contributed by atoms with Crippen LogP contribution in [0.3, 0.4) is 0 Å². The number of hydrogen-bond acceptors (Lipinski definition) is 0. The number of benzene rings is 2. The van der Waals surface area contributed by atoms with Crippen molar-refractivity contribution < 1.29 is 0 Å². The first-order valence-electron chi connectivity index (χ1n) is 7.43. The van der Waals surface area contributed by atoms with Crippen molar-refractivity contribution in [1.29, 1.82) is 0 Å². The molecule has 1 saturated carbocycles. The van der Waals surface area contributed by atoms with Crippen LogP contribution in [-0.4, -0.2) is 0 Å². The average molecular weight is 262 g/mol. The van der Waals surface area contributed by atoms with Gasteiger partial charge in [0.1, 0.15) is 0 Å². The fourth-order valence-corrected chi connectivity index (χ4v) is 2.68. The Kier molecular flexibility index (Phi) is 3.25. The van der Waals surface area contributed by atoms with Crippen LogP contribution in [0.1, 0.15) is 46.2 Å². The summed E-state index contributed by atoms with van der Waals surface area (Å²) >= 11 is 0. The SMILES string of the molecule is Cc1ccc(C(=C2CC2)c2ccc(C)c(C)c2)cc1C. The number of rotatable bonds is 2. The van der Waals surface area contributed by atoms with Gasteiger partial charge in [0.2, 0.25) is 0 Å². The molecule has 0 spiro atoms. The fourth-order valence-electron chi connectivity index (χ4n) is 2.68. The highest BCUT2D eigenvalue weighted by molar-refractivity contribution is 5.84. The Morgan fingerprint density at radius 1 is 0.650 bits per heavy atom. The maximum absolute atomic E-state index is 2.34. The Balaban J connectivity index is 2.13. The third-order valence-electron chi connectivity index (χ3n) is 4.44. The van der Waals surface area contributed by atoms with Crippen LogP contribution in [0.5, 0.6) is 0 Å². The van der Waals surface area contributed by atoms with Crippen LogP contribution in [0.25, 0.3) is 5.57 Å². The van der Waals surface area contributed by atoms with Crippen LogP contribution < -0.4 is 0 Å². The summed E-state index contributed by atoms with van der Waals surface area (Å²) in [4.78, 5) is 0. The summed E-state index contributed by atoms with van der Waals surface area (Å²) in [5.41, 5.74) is 11.3. The minimum absolute atomic E-state index is 1.26. The molecule has 0 aromatic heterocycles. The Bertz CT molecular complexity index is 642. The highest BCUT2D eigenvalue weighted by Gasteiger charge is 2.20. The van der Waals surface area contributed by atoms with Crippen LogP contribution in [0.4, 0.5) is 0 Å². The zero-order chi connectivity index (χ0) is 14.3. The lowest BCUT2D eigenvalue weighted by Gasteiger charge is -2.12. The van der Waals surface area contributed by atoms with Gasteiger partial charge >= 0.3 is 0 Å². The molecule has 1 aliphatic rings. The highest BCUT2D eigenvalue weighted by atomic mass is 14.2. The maximum atomic E-state index is 2.34. The van der Waals surface area contributed by atoms with E-state index in [2.05, 4.69) is 64.1 Å². The first kappa shape index (κ1) is 13.2. The van der Waals surface area contributed by atoms with Gasteiger partial charge in [-0.2, -0.15) is 0 Å². The van der Waals surface area contributed by atoms with E-state index in [0.29, 0.717) is 0 Å². The number of hydrogen-bond donors (Lipinski definition) is 0. The van der Waals surface area contributed by atoms with Crippen molar-refractivity contribution in [1.82, 2.24) is 0 Å². The Morgan fingerprint density at radius 3 is 1.45 bits per heavy atom. The van der Waals surface area contributed by atoms with E-state index >= 15 is 0 Å². The molecule has 102 valence electrons. The molecule has 0 saturated heterocycles. The van der Waals surface area contributed by atoms with Gasteiger partial charge in [-0.05, 0) is 79.5 Å². The van der Waals surface area contributed by atoms with Gasteiger partial charge in [0, 0.05) is 0 Å². The molecule has 0 amide bonds. The molecule has 0 N–H and O–H groups in total. The van der Waals surface area contributed by atoms with Crippen molar-refractivity contribution in [2.24, 2.45) is 0 Å². The largest absolute Gasteiger partial charge is 0.0611 e. The van der Waals surface area contributed by atoms with Crippen LogP contribution in [0.15, 0.2) is 42.0 Å². The molecule has 2 aromatic carbocycles.